The predicted octanol–water partition coefficient (Wildman–Crippen LogP) is 5.75. The molecular formula is C30H33ClN6O2. The average Bonchev–Trinajstić information content (AvgIpc) is 3.34. The van der Waals surface area contributed by atoms with E-state index in [9.17, 15) is 9.59 Å². The van der Waals surface area contributed by atoms with Crippen LogP contribution in [0.25, 0.3) is 0 Å². The zero-order valence-corrected chi connectivity index (χ0v) is 22.9. The molecule has 0 radical (unpaired) electrons. The molecule has 2 amide bonds. The Kier molecular flexibility index (Phi) is 8.12. The van der Waals surface area contributed by atoms with Gasteiger partial charge in [-0.25, -0.2) is 9.97 Å². The molecule has 1 fully saturated rings. The number of halogens is 1. The number of para-hydroxylation sites is 1. The molecule has 1 aromatic heterocycles. The summed E-state index contributed by atoms with van der Waals surface area (Å²) in [4.78, 5) is 34.1. The largest absolute Gasteiger partial charge is 0.384 e. The molecule has 3 atom stereocenters. The molecule has 1 aliphatic carbocycles. The Bertz CT molecular complexity index is 1390. The van der Waals surface area contributed by atoms with Gasteiger partial charge in [0.1, 0.15) is 0 Å². The van der Waals surface area contributed by atoms with Crippen molar-refractivity contribution >= 4 is 40.7 Å². The van der Waals surface area contributed by atoms with E-state index in [0.717, 1.165) is 49.2 Å². The first kappa shape index (κ1) is 26.7. The summed E-state index contributed by atoms with van der Waals surface area (Å²) in [5.41, 5.74) is 5.24. The van der Waals surface area contributed by atoms with Gasteiger partial charge in [0.05, 0.1) is 16.9 Å². The van der Waals surface area contributed by atoms with E-state index in [4.69, 9.17) is 16.6 Å². The van der Waals surface area contributed by atoms with Gasteiger partial charge < -0.3 is 21.3 Å². The number of nitrogens with one attached hydrogen (secondary N) is 4. The van der Waals surface area contributed by atoms with E-state index in [1.807, 2.05) is 26.0 Å². The lowest BCUT2D eigenvalue weighted by molar-refractivity contribution is -0.111. The highest BCUT2D eigenvalue weighted by molar-refractivity contribution is 6.31. The van der Waals surface area contributed by atoms with Crippen molar-refractivity contribution in [1.29, 1.82) is 0 Å². The van der Waals surface area contributed by atoms with Crippen LogP contribution >= 0.6 is 11.6 Å². The number of hydrogen-bond acceptors (Lipinski definition) is 6. The van der Waals surface area contributed by atoms with Crippen LogP contribution in [0.1, 0.15) is 67.1 Å². The van der Waals surface area contributed by atoms with Crippen molar-refractivity contribution in [3.05, 3.63) is 88.2 Å². The smallest absolute Gasteiger partial charge is 0.251 e. The number of rotatable bonds is 7. The molecule has 1 unspecified atom stereocenters. The van der Waals surface area contributed by atoms with E-state index in [0.29, 0.717) is 22.2 Å². The fourth-order valence-corrected chi connectivity index (χ4v) is 5.49. The first-order chi connectivity index (χ1) is 18.9. The van der Waals surface area contributed by atoms with Crippen LogP contribution in [0.2, 0.25) is 5.02 Å². The van der Waals surface area contributed by atoms with E-state index in [1.165, 1.54) is 11.6 Å². The van der Waals surface area contributed by atoms with Gasteiger partial charge in [0.25, 0.3) is 5.91 Å². The maximum absolute atomic E-state index is 12.9. The second kappa shape index (κ2) is 11.9. The first-order valence-corrected chi connectivity index (χ1v) is 13.7. The van der Waals surface area contributed by atoms with Crippen LogP contribution in [0.15, 0.2) is 66.4 Å². The number of carbonyl (C=O) groups excluding carboxylic acids is 2. The van der Waals surface area contributed by atoms with Crippen LogP contribution in [-0.2, 0) is 4.79 Å². The quantitative estimate of drug-likeness (QED) is 0.282. The molecule has 0 spiro atoms. The normalized spacial score (nSPS) is 19.8. The number of hydrogen-bond donors (Lipinski definition) is 4. The summed E-state index contributed by atoms with van der Waals surface area (Å²) in [5, 5.41) is 13.4. The monoisotopic (exact) mass is 544 g/mol. The van der Waals surface area contributed by atoms with Crippen molar-refractivity contribution in [3.63, 3.8) is 0 Å². The highest BCUT2D eigenvalue weighted by Crippen LogP contribution is 2.38. The molecule has 9 heteroatoms. The third-order valence-electron chi connectivity index (χ3n) is 7.11. The van der Waals surface area contributed by atoms with Crippen molar-refractivity contribution in [2.24, 2.45) is 0 Å². The molecule has 5 rings (SSSR count). The Hall–Kier alpha value is -3.91. The van der Waals surface area contributed by atoms with Crippen molar-refractivity contribution in [1.82, 2.24) is 15.3 Å². The minimum Gasteiger partial charge on any atom is -0.384 e. The van der Waals surface area contributed by atoms with E-state index < -0.39 is 0 Å². The Morgan fingerprint density at radius 3 is 2.62 bits per heavy atom. The molecule has 8 nitrogen and oxygen atoms in total. The zero-order chi connectivity index (χ0) is 27.4. The maximum Gasteiger partial charge on any atom is 0.251 e. The summed E-state index contributed by atoms with van der Waals surface area (Å²) in [7, 11) is 0. The third kappa shape index (κ3) is 6.57. The lowest BCUT2D eigenvalue weighted by Gasteiger charge is -2.30. The van der Waals surface area contributed by atoms with Crippen molar-refractivity contribution < 1.29 is 9.59 Å². The van der Waals surface area contributed by atoms with Crippen LogP contribution < -0.4 is 21.3 Å². The second-order valence-corrected chi connectivity index (χ2v) is 10.8. The van der Waals surface area contributed by atoms with Gasteiger partial charge in [-0.3, -0.25) is 9.59 Å². The summed E-state index contributed by atoms with van der Waals surface area (Å²) >= 11 is 6.53. The van der Waals surface area contributed by atoms with Crippen LogP contribution in [-0.4, -0.2) is 40.4 Å². The molecule has 3 aromatic rings. The fourth-order valence-electron chi connectivity index (χ4n) is 5.27. The Morgan fingerprint density at radius 2 is 1.82 bits per heavy atom. The number of carbonyl (C=O) groups is 2. The molecule has 4 N–H and O–H groups in total. The molecule has 2 heterocycles. The first-order valence-electron chi connectivity index (χ1n) is 13.3. The van der Waals surface area contributed by atoms with Crippen LogP contribution in [0, 0.1) is 0 Å². The van der Waals surface area contributed by atoms with Crippen molar-refractivity contribution in [2.45, 2.75) is 57.5 Å². The van der Waals surface area contributed by atoms with Crippen LogP contribution in [0.4, 0.5) is 17.3 Å². The molecule has 0 saturated heterocycles. The maximum atomic E-state index is 12.9. The SMILES string of the molecule is CC(C)=CC(=O)Nc1ccc(C(=O)N[C@H]2CCC[C@@H](Nc3ncc(Cl)c(C4CNc5ccccc54)n3)C2)cc1. The van der Waals surface area contributed by atoms with Gasteiger partial charge in [0, 0.05) is 47.6 Å². The zero-order valence-electron chi connectivity index (χ0n) is 22.1. The number of nitrogens with zero attached hydrogens (tertiary/aromatic N) is 2. The molecular weight excluding hydrogens is 512 g/mol. The number of fused-ring (bicyclic) bond motifs is 1. The lowest BCUT2D eigenvalue weighted by atomic mass is 9.91. The summed E-state index contributed by atoms with van der Waals surface area (Å²) in [6, 6.07) is 15.3. The number of aromatic nitrogens is 2. The Morgan fingerprint density at radius 1 is 1.05 bits per heavy atom. The summed E-state index contributed by atoms with van der Waals surface area (Å²) in [6.45, 7) is 4.48. The van der Waals surface area contributed by atoms with Gasteiger partial charge in [-0.2, -0.15) is 0 Å². The van der Waals surface area contributed by atoms with E-state index in [-0.39, 0.29) is 29.8 Å². The van der Waals surface area contributed by atoms with E-state index in [2.05, 4.69) is 38.4 Å². The summed E-state index contributed by atoms with van der Waals surface area (Å²) < 4.78 is 0. The molecule has 1 aliphatic heterocycles. The predicted molar refractivity (Wildman–Crippen MR) is 155 cm³/mol. The van der Waals surface area contributed by atoms with Gasteiger partial charge in [-0.05, 0) is 75.4 Å². The topological polar surface area (TPSA) is 108 Å². The second-order valence-electron chi connectivity index (χ2n) is 10.4. The van der Waals surface area contributed by atoms with Gasteiger partial charge in [0.15, 0.2) is 0 Å². The molecule has 1 saturated carbocycles. The molecule has 2 aromatic carbocycles. The van der Waals surface area contributed by atoms with E-state index in [1.54, 1.807) is 30.5 Å². The molecule has 202 valence electrons. The Labute approximate surface area is 233 Å². The van der Waals surface area contributed by atoms with Gasteiger partial charge in [0.2, 0.25) is 11.9 Å². The third-order valence-corrected chi connectivity index (χ3v) is 7.40. The highest BCUT2D eigenvalue weighted by Gasteiger charge is 2.28. The number of allylic oxidation sites excluding steroid dienone is 1. The fraction of sp³-hybridized carbons (Fsp3) is 0.333. The minimum atomic E-state index is -0.186. The molecule has 0 bridgehead atoms. The molecule has 2 aliphatic rings. The number of benzene rings is 2. The van der Waals surface area contributed by atoms with Crippen molar-refractivity contribution in [2.75, 3.05) is 22.5 Å². The van der Waals surface area contributed by atoms with Crippen LogP contribution in [0.5, 0.6) is 0 Å². The summed E-state index contributed by atoms with van der Waals surface area (Å²) in [6.07, 6.45) is 6.85. The molecule has 39 heavy (non-hydrogen) atoms. The van der Waals surface area contributed by atoms with Crippen molar-refractivity contribution in [3.8, 4) is 0 Å². The van der Waals surface area contributed by atoms with Gasteiger partial charge in [-0.1, -0.05) is 35.4 Å². The highest BCUT2D eigenvalue weighted by atomic mass is 35.5. The summed E-state index contributed by atoms with van der Waals surface area (Å²) in [5.74, 6) is 0.318. The van der Waals surface area contributed by atoms with Gasteiger partial charge in [-0.15, -0.1) is 0 Å². The number of anilines is 3. The average molecular weight is 545 g/mol. The van der Waals surface area contributed by atoms with Gasteiger partial charge >= 0.3 is 0 Å². The van der Waals surface area contributed by atoms with E-state index >= 15 is 0 Å². The Balaban J connectivity index is 1.19. The lowest BCUT2D eigenvalue weighted by Crippen LogP contribution is -2.42. The minimum absolute atomic E-state index is 0.0403. The number of amides is 2. The van der Waals surface area contributed by atoms with Crippen LogP contribution in [0.3, 0.4) is 0 Å². The standard InChI is InChI=1S/C30H33ClN6O2/c1-18(2)14-27(38)34-20-12-10-19(11-13-20)29(39)35-21-6-5-7-22(15-21)36-30-33-17-25(31)28(37-30)24-16-32-26-9-4-3-8-23(24)26/h3-4,8-14,17,21-22,24,32H,5-7,15-16H2,1-2H3,(H,34,38)(H,35,39)(H,33,36,37)/t21-,22+,24?/m0/s1.